The van der Waals surface area contributed by atoms with Crippen LogP contribution in [0.2, 0.25) is 0 Å². The zero-order valence-electron chi connectivity index (χ0n) is 9.98. The second kappa shape index (κ2) is 6.15. The minimum Gasteiger partial charge on any atom is -0.308 e. The van der Waals surface area contributed by atoms with Crippen LogP contribution < -0.4 is 0 Å². The molecule has 90 valence electrons. The topological polar surface area (TPSA) is 38.1 Å². The van der Waals surface area contributed by atoms with Gasteiger partial charge < -0.3 is 9.69 Å². The summed E-state index contributed by atoms with van der Waals surface area (Å²) in [5.74, 6) is 0.0334. The Morgan fingerprint density at radius 1 is 1.62 bits per heavy atom. The summed E-state index contributed by atoms with van der Waals surface area (Å²) in [6.07, 6.45) is 3.51. The van der Waals surface area contributed by atoms with Crippen molar-refractivity contribution in [3.63, 3.8) is 0 Å². The Kier molecular flexibility index (Phi) is 5.15. The fourth-order valence-electron chi connectivity index (χ4n) is 1.43. The zero-order valence-corrected chi connectivity index (χ0v) is 11.6. The smallest absolute Gasteiger partial charge is 0.123 e. The Labute approximate surface area is 105 Å². The molecule has 0 aliphatic heterocycles. The normalized spacial score (nSPS) is 13.1. The molecule has 1 atom stereocenters. The molecular formula is C11H18BrN3O. The lowest BCUT2D eigenvalue weighted by Gasteiger charge is -2.13. The summed E-state index contributed by atoms with van der Waals surface area (Å²) in [5, 5.41) is 4.30. The number of carbonyl (C=O) groups excluding carboxylic acids is 1. The molecule has 0 aromatic carbocycles. The maximum atomic E-state index is 10.7. The Balaban J connectivity index is 2.73. The van der Waals surface area contributed by atoms with Gasteiger partial charge in [0, 0.05) is 12.5 Å². The van der Waals surface area contributed by atoms with E-state index in [4.69, 9.17) is 0 Å². The lowest BCUT2D eigenvalue weighted by Crippen LogP contribution is -2.21. The number of hydrogen-bond donors (Lipinski definition) is 0. The first-order chi connectivity index (χ1) is 7.54. The van der Waals surface area contributed by atoms with Gasteiger partial charge in [0.15, 0.2) is 0 Å². The van der Waals surface area contributed by atoms with E-state index in [0.29, 0.717) is 0 Å². The van der Waals surface area contributed by atoms with Crippen molar-refractivity contribution in [2.24, 2.45) is 5.92 Å². The molecule has 0 N–H and O–H groups in total. The second-order valence-electron chi connectivity index (χ2n) is 4.28. The Morgan fingerprint density at radius 2 is 2.31 bits per heavy atom. The van der Waals surface area contributed by atoms with Crippen LogP contribution in [0.15, 0.2) is 10.7 Å². The molecule has 0 saturated heterocycles. The van der Waals surface area contributed by atoms with Gasteiger partial charge >= 0.3 is 0 Å². The molecule has 0 aliphatic rings. The van der Waals surface area contributed by atoms with Crippen LogP contribution in [0.5, 0.6) is 0 Å². The second-order valence-corrected chi connectivity index (χ2v) is 5.14. The first-order valence-electron chi connectivity index (χ1n) is 5.34. The third kappa shape index (κ3) is 3.72. The summed E-state index contributed by atoms with van der Waals surface area (Å²) in [6, 6.07) is 0. The van der Waals surface area contributed by atoms with Gasteiger partial charge in [0.25, 0.3) is 0 Å². The van der Waals surface area contributed by atoms with Crippen molar-refractivity contribution in [3.8, 4) is 0 Å². The highest BCUT2D eigenvalue weighted by molar-refractivity contribution is 9.10. The van der Waals surface area contributed by atoms with E-state index in [-0.39, 0.29) is 5.92 Å². The van der Waals surface area contributed by atoms with Crippen molar-refractivity contribution in [2.75, 3.05) is 20.6 Å². The first-order valence-corrected chi connectivity index (χ1v) is 6.14. The predicted octanol–water partition coefficient (Wildman–Crippen LogP) is 1.58. The van der Waals surface area contributed by atoms with Crippen molar-refractivity contribution < 1.29 is 4.79 Å². The van der Waals surface area contributed by atoms with Gasteiger partial charge in [-0.15, -0.1) is 0 Å². The molecule has 0 bridgehead atoms. The van der Waals surface area contributed by atoms with E-state index in [1.807, 2.05) is 25.7 Å². The zero-order chi connectivity index (χ0) is 12.1. The molecule has 16 heavy (non-hydrogen) atoms. The lowest BCUT2D eigenvalue weighted by molar-refractivity contribution is -0.110. The molecule has 1 aromatic heterocycles. The van der Waals surface area contributed by atoms with E-state index >= 15 is 0 Å². The standard InChI is InChI=1S/C11H18BrN3O/c1-9(8-16)6-11-10(12)7-13-15(11)5-4-14(2)3/h7-9H,4-6H2,1-3H3. The molecule has 0 aliphatic carbocycles. The van der Waals surface area contributed by atoms with Gasteiger partial charge in [-0.1, -0.05) is 6.92 Å². The van der Waals surface area contributed by atoms with Crippen molar-refractivity contribution in [1.29, 1.82) is 0 Å². The molecule has 0 spiro atoms. The third-order valence-corrected chi connectivity index (χ3v) is 3.07. The molecule has 5 heteroatoms. The molecule has 1 aromatic rings. The summed E-state index contributed by atoms with van der Waals surface area (Å²) < 4.78 is 2.95. The van der Waals surface area contributed by atoms with Crippen LogP contribution in [0, 0.1) is 5.92 Å². The number of carbonyl (C=O) groups is 1. The van der Waals surface area contributed by atoms with Gasteiger partial charge in [0.1, 0.15) is 6.29 Å². The van der Waals surface area contributed by atoms with Crippen molar-refractivity contribution in [2.45, 2.75) is 19.9 Å². The minimum atomic E-state index is 0.0334. The van der Waals surface area contributed by atoms with Gasteiger partial charge in [-0.25, -0.2) is 0 Å². The fraction of sp³-hybridized carbons (Fsp3) is 0.636. The van der Waals surface area contributed by atoms with Gasteiger partial charge in [0.05, 0.1) is 22.9 Å². The molecule has 0 fully saturated rings. The van der Waals surface area contributed by atoms with Crippen LogP contribution in [0.25, 0.3) is 0 Å². The van der Waals surface area contributed by atoms with E-state index in [2.05, 4.69) is 25.9 Å². The lowest BCUT2D eigenvalue weighted by atomic mass is 10.1. The number of aldehydes is 1. The summed E-state index contributed by atoms with van der Waals surface area (Å²) in [6.45, 7) is 3.71. The molecule has 1 rings (SSSR count). The average Bonchev–Trinajstić information content (AvgIpc) is 2.57. The van der Waals surface area contributed by atoms with Gasteiger partial charge in [0.2, 0.25) is 0 Å². The van der Waals surface area contributed by atoms with Gasteiger partial charge in [-0.05, 0) is 36.4 Å². The van der Waals surface area contributed by atoms with E-state index in [1.165, 1.54) is 0 Å². The van der Waals surface area contributed by atoms with Crippen LogP contribution in [0.1, 0.15) is 12.6 Å². The maximum absolute atomic E-state index is 10.7. The fourth-order valence-corrected chi connectivity index (χ4v) is 1.89. The molecular weight excluding hydrogens is 270 g/mol. The number of likely N-dealkylation sites (N-methyl/N-ethyl adjacent to an activating group) is 1. The Bertz CT molecular complexity index is 349. The molecule has 1 heterocycles. The van der Waals surface area contributed by atoms with Crippen LogP contribution in [-0.2, 0) is 17.8 Å². The molecule has 1 unspecified atom stereocenters. The van der Waals surface area contributed by atoms with Gasteiger partial charge in [-0.3, -0.25) is 4.68 Å². The molecule has 4 nitrogen and oxygen atoms in total. The quantitative estimate of drug-likeness (QED) is 0.746. The summed E-state index contributed by atoms with van der Waals surface area (Å²) in [7, 11) is 4.07. The monoisotopic (exact) mass is 287 g/mol. The van der Waals surface area contributed by atoms with E-state index in [9.17, 15) is 4.79 Å². The van der Waals surface area contributed by atoms with E-state index < -0.39 is 0 Å². The van der Waals surface area contributed by atoms with Crippen molar-refractivity contribution in [3.05, 3.63) is 16.4 Å². The van der Waals surface area contributed by atoms with Crippen molar-refractivity contribution >= 4 is 22.2 Å². The van der Waals surface area contributed by atoms with E-state index in [1.54, 1.807) is 6.20 Å². The van der Waals surface area contributed by atoms with Gasteiger partial charge in [-0.2, -0.15) is 5.10 Å². The molecule has 0 amide bonds. The first kappa shape index (κ1) is 13.4. The molecule has 0 saturated carbocycles. The Hall–Kier alpha value is -0.680. The summed E-state index contributed by atoms with van der Waals surface area (Å²) in [4.78, 5) is 12.8. The van der Waals surface area contributed by atoms with Crippen LogP contribution in [0.3, 0.4) is 0 Å². The highest BCUT2D eigenvalue weighted by Crippen LogP contribution is 2.19. The third-order valence-electron chi connectivity index (χ3n) is 2.40. The summed E-state index contributed by atoms with van der Waals surface area (Å²) in [5.41, 5.74) is 1.10. The Morgan fingerprint density at radius 3 is 2.88 bits per heavy atom. The number of halogens is 1. The van der Waals surface area contributed by atoms with E-state index in [0.717, 1.165) is 36.0 Å². The number of hydrogen-bond acceptors (Lipinski definition) is 3. The minimum absolute atomic E-state index is 0.0334. The number of nitrogens with zero attached hydrogens (tertiary/aromatic N) is 3. The predicted molar refractivity (Wildman–Crippen MR) is 67.4 cm³/mol. The summed E-state index contributed by atoms with van der Waals surface area (Å²) >= 11 is 3.47. The largest absolute Gasteiger partial charge is 0.308 e. The van der Waals surface area contributed by atoms with Crippen LogP contribution in [0.4, 0.5) is 0 Å². The average molecular weight is 288 g/mol. The maximum Gasteiger partial charge on any atom is 0.123 e. The number of aromatic nitrogens is 2. The van der Waals surface area contributed by atoms with Crippen LogP contribution >= 0.6 is 15.9 Å². The number of rotatable bonds is 6. The van der Waals surface area contributed by atoms with Crippen LogP contribution in [-0.4, -0.2) is 41.6 Å². The van der Waals surface area contributed by atoms with Crippen molar-refractivity contribution in [1.82, 2.24) is 14.7 Å². The molecule has 0 radical (unpaired) electrons. The SMILES string of the molecule is CC(C=O)Cc1c(Br)cnn1CCN(C)C. The highest BCUT2D eigenvalue weighted by atomic mass is 79.9. The highest BCUT2D eigenvalue weighted by Gasteiger charge is 2.12.